The highest BCUT2D eigenvalue weighted by Crippen LogP contribution is 2.25. The maximum atomic E-state index is 13.0. The van der Waals surface area contributed by atoms with Crippen molar-refractivity contribution in [3.05, 3.63) is 69.7 Å². The van der Waals surface area contributed by atoms with E-state index in [0.29, 0.717) is 36.3 Å². The number of aromatic nitrogens is 3. The Labute approximate surface area is 155 Å². The Hall–Kier alpha value is -2.86. The number of fused-ring (bicyclic) bond motifs is 1. The number of rotatable bonds is 3. The Bertz CT molecular complexity index is 1020. The number of hydrogen-bond donors (Lipinski definition) is 0. The van der Waals surface area contributed by atoms with E-state index in [1.165, 1.54) is 0 Å². The van der Waals surface area contributed by atoms with Crippen LogP contribution in [0.15, 0.2) is 53.5 Å². The fraction of sp³-hybridized carbons (Fsp3) is 0.211. The van der Waals surface area contributed by atoms with Gasteiger partial charge >= 0.3 is 11.5 Å². The van der Waals surface area contributed by atoms with Crippen LogP contribution < -0.4 is 20.1 Å². The van der Waals surface area contributed by atoms with E-state index in [2.05, 4.69) is 4.98 Å². The van der Waals surface area contributed by atoms with Gasteiger partial charge in [-0.1, -0.05) is 48.0 Å². The molecule has 0 amide bonds. The van der Waals surface area contributed by atoms with Crippen LogP contribution in [0.5, 0.6) is 5.88 Å². The first-order valence-corrected chi connectivity index (χ1v) is 8.68. The van der Waals surface area contributed by atoms with Crippen LogP contribution in [0.1, 0.15) is 5.56 Å². The third-order valence-corrected chi connectivity index (χ3v) is 4.84. The van der Waals surface area contributed by atoms with Crippen molar-refractivity contribution in [2.45, 2.75) is 13.1 Å². The molecule has 1 aliphatic rings. The topological polar surface area (TPSA) is 65.1 Å². The Morgan fingerprint density at radius 3 is 2.65 bits per heavy atom. The second-order valence-electron chi connectivity index (χ2n) is 6.27. The highest BCUT2D eigenvalue weighted by atomic mass is 35.5. The zero-order valence-electron chi connectivity index (χ0n) is 14.2. The van der Waals surface area contributed by atoms with Crippen molar-refractivity contribution in [2.24, 2.45) is 7.05 Å². The summed E-state index contributed by atoms with van der Waals surface area (Å²) in [7, 11) is 1.71. The molecule has 1 aliphatic heterocycles. The smallest absolute Gasteiger partial charge is 0.362 e. The van der Waals surface area contributed by atoms with Crippen LogP contribution in [0.3, 0.4) is 0 Å². The van der Waals surface area contributed by atoms with Gasteiger partial charge < -0.3 is 5.11 Å². The summed E-state index contributed by atoms with van der Waals surface area (Å²) in [5.41, 5.74) is 1.58. The van der Waals surface area contributed by atoms with Crippen LogP contribution in [-0.4, -0.2) is 16.1 Å². The lowest BCUT2D eigenvalue weighted by molar-refractivity contribution is -0.705. The van der Waals surface area contributed by atoms with Gasteiger partial charge in [-0.05, 0) is 11.6 Å². The molecule has 1 aromatic carbocycles. The van der Waals surface area contributed by atoms with Crippen molar-refractivity contribution in [1.29, 1.82) is 0 Å². The van der Waals surface area contributed by atoms with Gasteiger partial charge in [0.15, 0.2) is 0 Å². The molecule has 26 heavy (non-hydrogen) atoms. The fourth-order valence-electron chi connectivity index (χ4n) is 3.38. The van der Waals surface area contributed by atoms with E-state index >= 15 is 0 Å². The quantitative estimate of drug-likeness (QED) is 0.519. The van der Waals surface area contributed by atoms with Crippen molar-refractivity contribution in [3.63, 3.8) is 0 Å². The zero-order chi connectivity index (χ0) is 18.3. The molecular weight excluding hydrogens is 352 g/mol. The average molecular weight is 369 g/mol. The normalized spacial score (nSPS) is 13.1. The van der Waals surface area contributed by atoms with Crippen molar-refractivity contribution in [3.8, 4) is 17.0 Å². The minimum Gasteiger partial charge on any atom is -0.848 e. The Morgan fingerprint density at radius 2 is 1.96 bits per heavy atom. The third-order valence-electron chi connectivity index (χ3n) is 4.62. The number of anilines is 1. The van der Waals surface area contributed by atoms with Crippen LogP contribution in [0.25, 0.3) is 11.1 Å². The maximum absolute atomic E-state index is 13.0. The first-order valence-electron chi connectivity index (χ1n) is 8.31. The number of benzene rings is 1. The summed E-state index contributed by atoms with van der Waals surface area (Å²) in [6, 6.07) is 12.7. The van der Waals surface area contributed by atoms with Crippen LogP contribution in [0, 0.1) is 0 Å². The van der Waals surface area contributed by atoms with Crippen molar-refractivity contribution < 1.29 is 9.67 Å². The highest BCUT2D eigenvalue weighted by Gasteiger charge is 2.33. The molecule has 0 radical (unpaired) electrons. The van der Waals surface area contributed by atoms with Gasteiger partial charge in [0, 0.05) is 17.6 Å². The van der Waals surface area contributed by atoms with E-state index in [1.807, 2.05) is 29.2 Å². The number of pyridine rings is 1. The van der Waals surface area contributed by atoms with Crippen LogP contribution in [-0.2, 0) is 20.1 Å². The van der Waals surface area contributed by atoms with Crippen molar-refractivity contribution in [2.75, 3.05) is 11.4 Å². The highest BCUT2D eigenvalue weighted by molar-refractivity contribution is 6.29. The lowest BCUT2D eigenvalue weighted by atomic mass is 10.1. The Balaban J connectivity index is 1.78. The van der Waals surface area contributed by atoms with Crippen molar-refractivity contribution >= 4 is 17.5 Å². The van der Waals surface area contributed by atoms with E-state index in [-0.39, 0.29) is 17.0 Å². The molecule has 0 aliphatic carbocycles. The molecule has 0 atom stereocenters. The van der Waals surface area contributed by atoms with Gasteiger partial charge in [-0.25, -0.2) is 9.55 Å². The second-order valence-corrected chi connectivity index (χ2v) is 6.66. The Morgan fingerprint density at radius 1 is 1.19 bits per heavy atom. The van der Waals surface area contributed by atoms with Crippen LogP contribution in [0.4, 0.5) is 5.95 Å². The SMILES string of the molecule is C[n+]1c([O-])c(-c2ccccc2)c(=O)n2c1N(Cc1ccc(Cl)nc1)CC2. The molecule has 0 unspecified atom stereocenters. The van der Waals surface area contributed by atoms with E-state index in [0.717, 1.165) is 5.56 Å². The van der Waals surface area contributed by atoms with Gasteiger partial charge in [-0.15, -0.1) is 0 Å². The van der Waals surface area contributed by atoms with Gasteiger partial charge in [-0.3, -0.25) is 9.69 Å². The van der Waals surface area contributed by atoms with Gasteiger partial charge in [0.05, 0.1) is 25.7 Å². The lowest BCUT2D eigenvalue weighted by Gasteiger charge is -2.20. The molecular formula is C19H17ClN4O2. The summed E-state index contributed by atoms with van der Waals surface area (Å²) in [6.45, 7) is 1.76. The van der Waals surface area contributed by atoms with Crippen LogP contribution >= 0.6 is 11.6 Å². The summed E-state index contributed by atoms with van der Waals surface area (Å²) in [6.07, 6.45) is 1.71. The average Bonchev–Trinajstić information content (AvgIpc) is 3.07. The zero-order valence-corrected chi connectivity index (χ0v) is 15.0. The summed E-state index contributed by atoms with van der Waals surface area (Å²) in [4.78, 5) is 19.1. The minimum atomic E-state index is -0.284. The van der Waals surface area contributed by atoms with Gasteiger partial charge in [0.2, 0.25) is 0 Å². The number of hydrogen-bond acceptors (Lipinski definition) is 4. The molecule has 132 valence electrons. The summed E-state index contributed by atoms with van der Waals surface area (Å²) < 4.78 is 3.23. The van der Waals surface area contributed by atoms with Gasteiger partial charge in [-0.2, -0.15) is 4.57 Å². The molecule has 6 nitrogen and oxygen atoms in total. The molecule has 0 N–H and O–H groups in total. The molecule has 0 spiro atoms. The molecule has 0 saturated carbocycles. The summed E-state index contributed by atoms with van der Waals surface area (Å²) >= 11 is 5.84. The molecule has 0 saturated heterocycles. The molecule has 7 heteroatoms. The number of halogens is 1. The summed E-state index contributed by atoms with van der Waals surface area (Å²) in [5, 5.41) is 13.3. The first-order chi connectivity index (χ1) is 12.6. The molecule has 0 fully saturated rings. The largest absolute Gasteiger partial charge is 0.848 e. The van der Waals surface area contributed by atoms with E-state index in [4.69, 9.17) is 11.6 Å². The van der Waals surface area contributed by atoms with E-state index in [1.54, 1.807) is 40.6 Å². The first kappa shape index (κ1) is 16.6. The minimum absolute atomic E-state index is 0.215. The summed E-state index contributed by atoms with van der Waals surface area (Å²) in [5.74, 6) is 0.336. The van der Waals surface area contributed by atoms with Crippen molar-refractivity contribution in [1.82, 2.24) is 9.55 Å². The molecule has 3 heterocycles. The fourth-order valence-corrected chi connectivity index (χ4v) is 3.50. The lowest BCUT2D eigenvalue weighted by Crippen LogP contribution is -2.44. The van der Waals surface area contributed by atoms with E-state index in [9.17, 15) is 9.90 Å². The molecule has 2 aromatic heterocycles. The molecule has 0 bridgehead atoms. The predicted octanol–water partition coefficient (Wildman–Crippen LogP) is 1.48. The predicted molar refractivity (Wildman–Crippen MR) is 97.1 cm³/mol. The van der Waals surface area contributed by atoms with Gasteiger partial charge in [0.1, 0.15) is 11.7 Å². The van der Waals surface area contributed by atoms with Gasteiger partial charge in [0.25, 0.3) is 0 Å². The standard InChI is InChI=1S/C19H17ClN4O2/c1-22-17(25)16(14-5-3-2-4-6-14)18(26)24-10-9-23(19(22)24)12-13-7-8-15(20)21-11-13/h2-8,11H,9-10,12H2,1H3. The second kappa shape index (κ2) is 6.46. The maximum Gasteiger partial charge on any atom is 0.362 e. The van der Waals surface area contributed by atoms with Crippen LogP contribution in [0.2, 0.25) is 5.15 Å². The van der Waals surface area contributed by atoms with E-state index < -0.39 is 0 Å². The molecule has 3 aromatic rings. The molecule has 4 rings (SSSR count). The monoisotopic (exact) mass is 368 g/mol. The third kappa shape index (κ3) is 2.72. The number of nitrogens with zero attached hydrogens (tertiary/aromatic N) is 4. The Kier molecular flexibility index (Phi) is 4.12.